The highest BCUT2D eigenvalue weighted by molar-refractivity contribution is 5.62. The summed E-state index contributed by atoms with van der Waals surface area (Å²) in [6.07, 6.45) is 2.61. The smallest absolute Gasteiger partial charge is 0.0561 e. The third-order valence-electron chi connectivity index (χ3n) is 1.93. The summed E-state index contributed by atoms with van der Waals surface area (Å²) in [6.45, 7) is 2.12. The molecule has 0 aliphatic carbocycles. The summed E-state index contributed by atoms with van der Waals surface area (Å²) in [5, 5.41) is 0. The maximum atomic E-state index is 5.72. The normalized spacial score (nSPS) is 11.4. The van der Waals surface area contributed by atoms with Crippen LogP contribution in [0.4, 0.5) is 0 Å². The highest BCUT2D eigenvalue weighted by Crippen LogP contribution is 2.09. The Morgan fingerprint density at radius 3 is 2.46 bits per heavy atom. The Morgan fingerprint density at radius 2 is 2.00 bits per heavy atom. The maximum Gasteiger partial charge on any atom is 0.0561 e. The molecule has 3 nitrogen and oxygen atoms in total. The number of nitrogens with one attached hydrogen (secondary N) is 1. The zero-order valence-corrected chi connectivity index (χ0v) is 7.75. The zero-order chi connectivity index (χ0) is 9.68. The fourth-order valence-corrected chi connectivity index (χ4v) is 1.11. The van der Waals surface area contributed by atoms with Gasteiger partial charge in [-0.3, -0.25) is 5.84 Å². The first kappa shape index (κ1) is 9.61. The van der Waals surface area contributed by atoms with Crippen molar-refractivity contribution in [1.29, 1.82) is 0 Å². The van der Waals surface area contributed by atoms with Crippen molar-refractivity contribution in [2.45, 2.75) is 13.3 Å². The second-order valence-corrected chi connectivity index (χ2v) is 2.82. The van der Waals surface area contributed by atoms with Crippen LogP contribution in [0, 0.1) is 0 Å². The molecule has 0 atom stereocenters. The SMILES string of the molecule is CCc1ccc(/C(N)=C/NN)cc1. The molecule has 0 unspecified atom stereocenters. The largest absolute Gasteiger partial charge is 0.397 e. The van der Waals surface area contributed by atoms with Gasteiger partial charge < -0.3 is 11.2 Å². The molecule has 0 aliphatic heterocycles. The van der Waals surface area contributed by atoms with Gasteiger partial charge in [0.15, 0.2) is 0 Å². The van der Waals surface area contributed by atoms with E-state index in [4.69, 9.17) is 11.6 Å². The molecule has 0 spiro atoms. The molecule has 0 radical (unpaired) electrons. The number of rotatable bonds is 3. The fourth-order valence-electron chi connectivity index (χ4n) is 1.11. The number of aryl methyl sites for hydroxylation is 1. The molecule has 1 rings (SSSR count). The molecule has 1 aromatic carbocycles. The molecule has 5 N–H and O–H groups in total. The molecule has 0 bridgehead atoms. The molecule has 13 heavy (non-hydrogen) atoms. The van der Waals surface area contributed by atoms with E-state index in [0.717, 1.165) is 12.0 Å². The summed E-state index contributed by atoms with van der Waals surface area (Å²) in [6, 6.07) is 8.10. The number of hydrogen-bond acceptors (Lipinski definition) is 3. The molecule has 0 heterocycles. The van der Waals surface area contributed by atoms with Crippen LogP contribution in [0.5, 0.6) is 0 Å². The van der Waals surface area contributed by atoms with Gasteiger partial charge in [-0.15, -0.1) is 0 Å². The van der Waals surface area contributed by atoms with Crippen molar-refractivity contribution in [1.82, 2.24) is 5.43 Å². The minimum atomic E-state index is 0.644. The van der Waals surface area contributed by atoms with E-state index in [0.29, 0.717) is 5.70 Å². The van der Waals surface area contributed by atoms with Gasteiger partial charge in [-0.25, -0.2) is 0 Å². The first-order valence-electron chi connectivity index (χ1n) is 4.29. The minimum absolute atomic E-state index is 0.644. The standard InChI is InChI=1S/C10H15N3/c1-2-8-3-5-9(6-4-8)10(11)7-13-12/h3-7,13H,2,11-12H2,1H3/b10-7-. The Kier molecular flexibility index (Phi) is 3.34. The first-order chi connectivity index (χ1) is 6.27. The lowest BCUT2D eigenvalue weighted by Gasteiger charge is -2.02. The van der Waals surface area contributed by atoms with Crippen LogP contribution in [0.25, 0.3) is 5.70 Å². The van der Waals surface area contributed by atoms with Gasteiger partial charge in [-0.1, -0.05) is 31.2 Å². The highest BCUT2D eigenvalue weighted by Gasteiger charge is 1.95. The van der Waals surface area contributed by atoms with E-state index in [1.807, 2.05) is 12.1 Å². The highest BCUT2D eigenvalue weighted by atomic mass is 15.2. The van der Waals surface area contributed by atoms with Gasteiger partial charge in [0.25, 0.3) is 0 Å². The molecular formula is C10H15N3. The van der Waals surface area contributed by atoms with Crippen LogP contribution in [0.1, 0.15) is 18.1 Å². The zero-order valence-electron chi connectivity index (χ0n) is 7.75. The summed E-state index contributed by atoms with van der Waals surface area (Å²) in [5.74, 6) is 5.12. The molecule has 3 heteroatoms. The molecular weight excluding hydrogens is 162 g/mol. The van der Waals surface area contributed by atoms with E-state index in [9.17, 15) is 0 Å². The molecule has 0 saturated carbocycles. The van der Waals surface area contributed by atoms with Crippen LogP contribution in [-0.2, 0) is 6.42 Å². The molecule has 70 valence electrons. The third-order valence-corrected chi connectivity index (χ3v) is 1.93. The summed E-state index contributed by atoms with van der Waals surface area (Å²) < 4.78 is 0. The summed E-state index contributed by atoms with van der Waals surface area (Å²) in [4.78, 5) is 0. The average Bonchev–Trinajstić information content (AvgIpc) is 2.18. The van der Waals surface area contributed by atoms with Gasteiger partial charge in [-0.2, -0.15) is 0 Å². The lowest BCUT2D eigenvalue weighted by atomic mass is 10.1. The van der Waals surface area contributed by atoms with Crippen molar-refractivity contribution in [2.75, 3.05) is 0 Å². The van der Waals surface area contributed by atoms with Crippen LogP contribution < -0.4 is 17.0 Å². The van der Waals surface area contributed by atoms with Crippen LogP contribution in [0.2, 0.25) is 0 Å². The van der Waals surface area contributed by atoms with Gasteiger partial charge in [-0.05, 0) is 17.5 Å². The van der Waals surface area contributed by atoms with E-state index < -0.39 is 0 Å². The molecule has 0 aliphatic rings. The van der Waals surface area contributed by atoms with E-state index >= 15 is 0 Å². The number of nitrogens with two attached hydrogens (primary N) is 2. The molecule has 0 aromatic heterocycles. The summed E-state index contributed by atoms with van der Waals surface area (Å²) >= 11 is 0. The van der Waals surface area contributed by atoms with Gasteiger partial charge in [0.2, 0.25) is 0 Å². The van der Waals surface area contributed by atoms with Crippen molar-refractivity contribution in [3.8, 4) is 0 Å². The van der Waals surface area contributed by atoms with Gasteiger partial charge in [0.1, 0.15) is 0 Å². The van der Waals surface area contributed by atoms with Crippen LogP contribution in [0.15, 0.2) is 30.5 Å². The van der Waals surface area contributed by atoms with E-state index in [2.05, 4.69) is 24.5 Å². The Labute approximate surface area is 78.4 Å². The molecule has 0 fully saturated rings. The van der Waals surface area contributed by atoms with Crippen LogP contribution in [0.3, 0.4) is 0 Å². The van der Waals surface area contributed by atoms with Gasteiger partial charge >= 0.3 is 0 Å². The predicted molar refractivity (Wildman–Crippen MR) is 55.3 cm³/mol. The number of benzene rings is 1. The summed E-state index contributed by atoms with van der Waals surface area (Å²) in [5.41, 5.74) is 11.1. The van der Waals surface area contributed by atoms with Crippen LogP contribution in [-0.4, -0.2) is 0 Å². The average molecular weight is 177 g/mol. The second-order valence-electron chi connectivity index (χ2n) is 2.82. The second kappa shape index (κ2) is 4.52. The monoisotopic (exact) mass is 177 g/mol. The van der Waals surface area contributed by atoms with E-state index in [-0.39, 0.29) is 0 Å². The van der Waals surface area contributed by atoms with Crippen molar-refractivity contribution in [3.63, 3.8) is 0 Å². The fraction of sp³-hybridized carbons (Fsp3) is 0.200. The predicted octanol–water partition coefficient (Wildman–Crippen LogP) is 0.969. The van der Waals surface area contributed by atoms with Crippen molar-refractivity contribution in [2.24, 2.45) is 11.6 Å². The number of hydrogen-bond donors (Lipinski definition) is 3. The third kappa shape index (κ3) is 2.49. The Hall–Kier alpha value is -1.48. The van der Waals surface area contributed by atoms with Crippen molar-refractivity contribution >= 4 is 5.70 Å². The Balaban J connectivity index is 2.85. The quantitative estimate of drug-likeness (QED) is 0.476. The number of hydrazine groups is 1. The first-order valence-corrected chi connectivity index (χ1v) is 4.29. The lowest BCUT2D eigenvalue weighted by Crippen LogP contribution is -2.16. The minimum Gasteiger partial charge on any atom is -0.397 e. The Bertz CT molecular complexity index is 288. The van der Waals surface area contributed by atoms with E-state index in [1.165, 1.54) is 5.56 Å². The van der Waals surface area contributed by atoms with Crippen molar-refractivity contribution in [3.05, 3.63) is 41.6 Å². The lowest BCUT2D eigenvalue weighted by molar-refractivity contribution is 0.967. The van der Waals surface area contributed by atoms with Crippen LogP contribution >= 0.6 is 0 Å². The van der Waals surface area contributed by atoms with E-state index in [1.54, 1.807) is 6.20 Å². The van der Waals surface area contributed by atoms with Gasteiger partial charge in [0, 0.05) is 6.20 Å². The van der Waals surface area contributed by atoms with Gasteiger partial charge in [0.05, 0.1) is 5.70 Å². The maximum absolute atomic E-state index is 5.72. The topological polar surface area (TPSA) is 64.1 Å². The molecule has 0 amide bonds. The van der Waals surface area contributed by atoms with Crippen molar-refractivity contribution < 1.29 is 0 Å². The Morgan fingerprint density at radius 1 is 1.38 bits per heavy atom. The summed E-state index contributed by atoms with van der Waals surface area (Å²) in [7, 11) is 0. The molecule has 1 aromatic rings. The molecule has 0 saturated heterocycles.